The van der Waals surface area contributed by atoms with Crippen molar-refractivity contribution in [2.45, 2.75) is 57.1 Å². The Morgan fingerprint density at radius 1 is 1.21 bits per heavy atom. The molecule has 0 spiro atoms. The summed E-state index contributed by atoms with van der Waals surface area (Å²) in [6.45, 7) is 8.38. The topological polar surface area (TPSA) is 100 Å². The highest BCUT2D eigenvalue weighted by Gasteiger charge is 2.33. The van der Waals surface area contributed by atoms with E-state index in [-0.39, 0.29) is 24.8 Å². The van der Waals surface area contributed by atoms with Crippen molar-refractivity contribution in [3.8, 4) is 5.75 Å². The Hall–Kier alpha value is -2.87. The van der Waals surface area contributed by atoms with Crippen LogP contribution in [-0.4, -0.2) is 47.7 Å². The van der Waals surface area contributed by atoms with Gasteiger partial charge in [0.1, 0.15) is 5.75 Å². The minimum Gasteiger partial charge on any atom is -0.491 e. The first kappa shape index (κ1) is 24.8. The van der Waals surface area contributed by atoms with Gasteiger partial charge in [-0.1, -0.05) is 42.5 Å². The SMILES string of the molecule is C=CCO[C@@H]1C[C@H](NC[C@@H](O)[C@H](Cc2ccccc2)NC(=O)O)c2cc(OC(C)C)ccc21. The van der Waals surface area contributed by atoms with E-state index < -0.39 is 18.2 Å². The molecule has 3 rings (SSSR count). The van der Waals surface area contributed by atoms with Gasteiger partial charge in [0.25, 0.3) is 0 Å². The number of amides is 1. The normalized spacial score (nSPS) is 19.0. The number of rotatable bonds is 12. The standard InChI is InChI=1S/C26H34N2O5/c1-4-12-32-25-15-22(21-14-19(33-17(2)3)10-11-20(21)25)27-16-24(29)23(28-26(30)31)13-18-8-6-5-7-9-18/h4-11,14,17,22-25,27-29H,1,12-13,15-16H2,2-3H3,(H,30,31)/t22-,23-,24+,25+/m0/s1. The molecule has 7 heteroatoms. The molecule has 0 radical (unpaired) electrons. The van der Waals surface area contributed by atoms with Crippen LogP contribution in [0.15, 0.2) is 61.2 Å². The first-order valence-electron chi connectivity index (χ1n) is 11.3. The zero-order chi connectivity index (χ0) is 23.8. The van der Waals surface area contributed by atoms with Crippen LogP contribution >= 0.6 is 0 Å². The van der Waals surface area contributed by atoms with Gasteiger partial charge in [-0.25, -0.2) is 4.79 Å². The molecule has 1 aliphatic carbocycles. The fourth-order valence-electron chi connectivity index (χ4n) is 4.21. The first-order valence-corrected chi connectivity index (χ1v) is 11.3. The largest absolute Gasteiger partial charge is 0.491 e. The van der Waals surface area contributed by atoms with E-state index in [1.54, 1.807) is 6.08 Å². The van der Waals surface area contributed by atoms with Crippen molar-refractivity contribution in [1.29, 1.82) is 0 Å². The van der Waals surface area contributed by atoms with Crippen LogP contribution in [-0.2, 0) is 11.2 Å². The Bertz CT molecular complexity index is 918. The number of carbonyl (C=O) groups is 1. The average Bonchev–Trinajstić information content (AvgIpc) is 3.12. The molecule has 0 unspecified atom stereocenters. The van der Waals surface area contributed by atoms with Crippen LogP contribution in [0.5, 0.6) is 5.75 Å². The maximum absolute atomic E-state index is 11.3. The molecule has 0 fully saturated rings. The minimum absolute atomic E-state index is 0.0534. The van der Waals surface area contributed by atoms with Gasteiger partial charge in [0.05, 0.1) is 31.0 Å². The van der Waals surface area contributed by atoms with Crippen LogP contribution in [0.3, 0.4) is 0 Å². The molecule has 178 valence electrons. The maximum atomic E-state index is 11.3. The second kappa shape index (κ2) is 11.8. The highest BCUT2D eigenvalue weighted by Crippen LogP contribution is 2.42. The molecule has 0 aliphatic heterocycles. The molecule has 33 heavy (non-hydrogen) atoms. The smallest absolute Gasteiger partial charge is 0.404 e. The van der Waals surface area contributed by atoms with Crippen LogP contribution in [0, 0.1) is 0 Å². The van der Waals surface area contributed by atoms with Crippen LogP contribution in [0.1, 0.15) is 49.1 Å². The van der Waals surface area contributed by atoms with Crippen LogP contribution in [0.25, 0.3) is 0 Å². The lowest BCUT2D eigenvalue weighted by atomic mass is 10.0. The quantitative estimate of drug-likeness (QED) is 0.362. The van der Waals surface area contributed by atoms with E-state index in [0.29, 0.717) is 19.4 Å². The average molecular weight is 455 g/mol. The second-order valence-electron chi connectivity index (χ2n) is 8.58. The highest BCUT2D eigenvalue weighted by molar-refractivity contribution is 5.65. The number of carboxylic acid groups (broad SMARTS) is 1. The molecule has 2 aromatic carbocycles. The van der Waals surface area contributed by atoms with Crippen molar-refractivity contribution in [2.75, 3.05) is 13.2 Å². The summed E-state index contributed by atoms with van der Waals surface area (Å²) in [6.07, 6.45) is 0.740. The third-order valence-corrected chi connectivity index (χ3v) is 5.66. The van der Waals surface area contributed by atoms with Gasteiger partial charge >= 0.3 is 6.09 Å². The van der Waals surface area contributed by atoms with Crippen LogP contribution < -0.4 is 15.4 Å². The molecule has 4 N–H and O–H groups in total. The molecule has 4 atom stereocenters. The molecule has 7 nitrogen and oxygen atoms in total. The molecule has 2 aromatic rings. The second-order valence-corrected chi connectivity index (χ2v) is 8.58. The number of benzene rings is 2. The number of fused-ring (bicyclic) bond motifs is 1. The monoisotopic (exact) mass is 454 g/mol. The summed E-state index contributed by atoms with van der Waals surface area (Å²) in [6, 6.07) is 14.8. The third-order valence-electron chi connectivity index (χ3n) is 5.66. The molecule has 0 heterocycles. The summed E-state index contributed by atoms with van der Waals surface area (Å²) in [4.78, 5) is 11.3. The van der Waals surface area contributed by atoms with Gasteiger partial charge in [-0.15, -0.1) is 6.58 Å². The zero-order valence-corrected chi connectivity index (χ0v) is 19.2. The summed E-state index contributed by atoms with van der Waals surface area (Å²) in [5.41, 5.74) is 3.11. The summed E-state index contributed by atoms with van der Waals surface area (Å²) in [5.74, 6) is 0.787. The zero-order valence-electron chi connectivity index (χ0n) is 19.2. The van der Waals surface area contributed by atoms with Crippen molar-refractivity contribution in [2.24, 2.45) is 0 Å². The lowest BCUT2D eigenvalue weighted by Gasteiger charge is -2.25. The Kier molecular flexibility index (Phi) is 8.88. The van der Waals surface area contributed by atoms with Gasteiger partial charge in [0.15, 0.2) is 0 Å². The minimum atomic E-state index is -1.16. The molecule has 1 amide bonds. The summed E-state index contributed by atoms with van der Waals surface area (Å²) < 4.78 is 11.8. The Labute approximate surface area is 195 Å². The van der Waals surface area contributed by atoms with E-state index in [9.17, 15) is 15.0 Å². The number of aliphatic hydroxyl groups excluding tert-OH is 1. The number of hydrogen-bond donors (Lipinski definition) is 4. The Morgan fingerprint density at radius 2 is 1.97 bits per heavy atom. The number of hydrogen-bond acceptors (Lipinski definition) is 5. The summed E-state index contributed by atoms with van der Waals surface area (Å²) in [7, 11) is 0. The van der Waals surface area contributed by atoms with E-state index in [0.717, 1.165) is 22.4 Å². The Balaban J connectivity index is 1.71. The van der Waals surface area contributed by atoms with Gasteiger partial charge in [-0.3, -0.25) is 0 Å². The summed E-state index contributed by atoms with van der Waals surface area (Å²) >= 11 is 0. The number of nitrogens with one attached hydrogen (secondary N) is 2. The van der Waals surface area contributed by atoms with E-state index in [1.165, 1.54) is 0 Å². The van der Waals surface area contributed by atoms with Gasteiger partial charge in [0, 0.05) is 12.6 Å². The van der Waals surface area contributed by atoms with E-state index >= 15 is 0 Å². The van der Waals surface area contributed by atoms with Gasteiger partial charge < -0.3 is 30.3 Å². The predicted molar refractivity (Wildman–Crippen MR) is 128 cm³/mol. The van der Waals surface area contributed by atoms with E-state index in [2.05, 4.69) is 17.2 Å². The lowest BCUT2D eigenvalue weighted by molar-refractivity contribution is 0.0672. The molecule has 0 bridgehead atoms. The molecule has 1 aliphatic rings. The molecule has 0 saturated heterocycles. The number of ether oxygens (including phenoxy) is 2. The van der Waals surface area contributed by atoms with Gasteiger partial charge in [0.2, 0.25) is 0 Å². The van der Waals surface area contributed by atoms with Crippen LogP contribution in [0.2, 0.25) is 0 Å². The molecule has 0 saturated carbocycles. The van der Waals surface area contributed by atoms with Crippen molar-refractivity contribution in [3.63, 3.8) is 0 Å². The van der Waals surface area contributed by atoms with E-state index in [4.69, 9.17) is 9.47 Å². The highest BCUT2D eigenvalue weighted by atomic mass is 16.5. The van der Waals surface area contributed by atoms with Crippen molar-refractivity contribution in [3.05, 3.63) is 77.9 Å². The van der Waals surface area contributed by atoms with E-state index in [1.807, 2.05) is 62.4 Å². The van der Waals surface area contributed by atoms with Crippen molar-refractivity contribution < 1.29 is 24.5 Å². The summed E-state index contributed by atoms with van der Waals surface area (Å²) in [5, 5.41) is 26.0. The van der Waals surface area contributed by atoms with Crippen molar-refractivity contribution >= 4 is 6.09 Å². The maximum Gasteiger partial charge on any atom is 0.404 e. The third kappa shape index (κ3) is 7.05. The first-order chi connectivity index (χ1) is 15.9. The molecular formula is C26H34N2O5. The fourth-order valence-corrected chi connectivity index (χ4v) is 4.21. The van der Waals surface area contributed by atoms with Gasteiger partial charge in [-0.05, 0) is 55.5 Å². The molecule has 0 aromatic heterocycles. The molecular weight excluding hydrogens is 420 g/mol. The van der Waals surface area contributed by atoms with Crippen molar-refractivity contribution in [1.82, 2.24) is 10.6 Å². The number of aliphatic hydroxyl groups is 1. The Morgan fingerprint density at radius 3 is 2.64 bits per heavy atom. The lowest BCUT2D eigenvalue weighted by Crippen LogP contribution is -2.48. The predicted octanol–water partition coefficient (Wildman–Crippen LogP) is 3.99. The van der Waals surface area contributed by atoms with Crippen LogP contribution in [0.4, 0.5) is 4.79 Å². The van der Waals surface area contributed by atoms with Gasteiger partial charge in [-0.2, -0.15) is 0 Å². The fraction of sp³-hybridized carbons (Fsp3) is 0.423.